The van der Waals surface area contributed by atoms with Crippen LogP contribution < -0.4 is 5.32 Å². The Morgan fingerprint density at radius 3 is 2.75 bits per heavy atom. The lowest BCUT2D eigenvalue weighted by atomic mass is 10.3. The molecule has 0 spiro atoms. The first kappa shape index (κ1) is 10.7. The highest BCUT2D eigenvalue weighted by Gasteiger charge is 2.14. The number of carbonyl (C=O) groups excluding carboxylic acids is 1. The molecule has 1 unspecified atom stereocenters. The minimum Gasteiger partial charge on any atom is -0.347 e. The van der Waals surface area contributed by atoms with E-state index in [0.29, 0.717) is 0 Å². The van der Waals surface area contributed by atoms with Crippen molar-refractivity contribution in [1.29, 1.82) is 0 Å². The SMILES string of the molecule is CC(=O)NC(C)c1nc2ccccc2n1C. The number of imidazole rings is 1. The van der Waals surface area contributed by atoms with E-state index in [2.05, 4.69) is 10.3 Å². The predicted octanol–water partition coefficient (Wildman–Crippen LogP) is 1.77. The Bertz CT molecular complexity index is 530. The number of benzene rings is 1. The van der Waals surface area contributed by atoms with Crippen molar-refractivity contribution in [2.75, 3.05) is 0 Å². The second kappa shape index (κ2) is 3.96. The molecule has 1 heterocycles. The summed E-state index contributed by atoms with van der Waals surface area (Å²) in [5.41, 5.74) is 2.03. The van der Waals surface area contributed by atoms with Gasteiger partial charge in [0, 0.05) is 14.0 Å². The van der Waals surface area contributed by atoms with E-state index in [1.165, 1.54) is 6.92 Å². The number of para-hydroxylation sites is 2. The lowest BCUT2D eigenvalue weighted by Crippen LogP contribution is -2.25. The van der Waals surface area contributed by atoms with E-state index >= 15 is 0 Å². The first-order chi connectivity index (χ1) is 7.59. The molecule has 1 atom stereocenters. The van der Waals surface area contributed by atoms with Crippen LogP contribution in [0.25, 0.3) is 11.0 Å². The Labute approximate surface area is 94.3 Å². The molecule has 0 saturated heterocycles. The summed E-state index contributed by atoms with van der Waals surface area (Å²) < 4.78 is 2.01. The van der Waals surface area contributed by atoms with Gasteiger partial charge in [0.1, 0.15) is 5.82 Å². The summed E-state index contributed by atoms with van der Waals surface area (Å²) in [6.07, 6.45) is 0. The third-order valence-corrected chi connectivity index (χ3v) is 2.63. The lowest BCUT2D eigenvalue weighted by Gasteiger charge is -2.11. The number of nitrogens with one attached hydrogen (secondary N) is 1. The lowest BCUT2D eigenvalue weighted by molar-refractivity contribution is -0.119. The van der Waals surface area contributed by atoms with Gasteiger partial charge in [-0.25, -0.2) is 4.98 Å². The van der Waals surface area contributed by atoms with Crippen molar-refractivity contribution >= 4 is 16.9 Å². The third kappa shape index (κ3) is 1.78. The summed E-state index contributed by atoms with van der Waals surface area (Å²) in [5.74, 6) is 0.830. The number of aryl methyl sites for hydroxylation is 1. The van der Waals surface area contributed by atoms with Gasteiger partial charge in [-0.05, 0) is 19.1 Å². The Balaban J connectivity index is 2.45. The summed E-state index contributed by atoms with van der Waals surface area (Å²) in [5, 5.41) is 2.84. The highest BCUT2D eigenvalue weighted by atomic mass is 16.1. The zero-order valence-corrected chi connectivity index (χ0v) is 9.69. The van der Waals surface area contributed by atoms with Gasteiger partial charge in [0.2, 0.25) is 5.91 Å². The van der Waals surface area contributed by atoms with Gasteiger partial charge in [-0.1, -0.05) is 12.1 Å². The molecule has 0 fully saturated rings. The highest BCUT2D eigenvalue weighted by molar-refractivity contribution is 5.76. The van der Waals surface area contributed by atoms with Crippen molar-refractivity contribution in [1.82, 2.24) is 14.9 Å². The number of amides is 1. The summed E-state index contributed by atoms with van der Waals surface area (Å²) in [4.78, 5) is 15.5. The maximum absolute atomic E-state index is 11.0. The van der Waals surface area contributed by atoms with E-state index in [0.717, 1.165) is 16.9 Å². The number of carbonyl (C=O) groups is 1. The van der Waals surface area contributed by atoms with Crippen LogP contribution in [0.2, 0.25) is 0 Å². The number of rotatable bonds is 2. The average Bonchev–Trinajstić information content (AvgIpc) is 2.56. The molecule has 2 aromatic rings. The first-order valence-corrected chi connectivity index (χ1v) is 5.28. The molecule has 2 rings (SSSR count). The van der Waals surface area contributed by atoms with Crippen LogP contribution in [0.15, 0.2) is 24.3 Å². The number of nitrogens with zero attached hydrogens (tertiary/aromatic N) is 2. The van der Waals surface area contributed by atoms with Crippen LogP contribution in [0.4, 0.5) is 0 Å². The molecule has 4 heteroatoms. The minimum absolute atomic E-state index is 0.0421. The number of fused-ring (bicyclic) bond motifs is 1. The fourth-order valence-corrected chi connectivity index (χ4v) is 1.92. The zero-order valence-electron chi connectivity index (χ0n) is 9.69. The van der Waals surface area contributed by atoms with Crippen molar-refractivity contribution in [2.24, 2.45) is 7.05 Å². The molecule has 4 nitrogen and oxygen atoms in total. The predicted molar refractivity (Wildman–Crippen MR) is 62.9 cm³/mol. The van der Waals surface area contributed by atoms with Gasteiger partial charge < -0.3 is 9.88 Å². The zero-order chi connectivity index (χ0) is 11.7. The van der Waals surface area contributed by atoms with E-state index < -0.39 is 0 Å². The van der Waals surface area contributed by atoms with E-state index in [9.17, 15) is 4.79 Å². The topological polar surface area (TPSA) is 46.9 Å². The summed E-state index contributed by atoms with van der Waals surface area (Å²) in [7, 11) is 1.96. The molecule has 0 aliphatic rings. The molecule has 0 aliphatic heterocycles. The van der Waals surface area contributed by atoms with Crippen LogP contribution in [0.1, 0.15) is 25.7 Å². The molecule has 1 aromatic carbocycles. The second-order valence-electron chi connectivity index (χ2n) is 3.94. The maximum atomic E-state index is 11.0. The van der Waals surface area contributed by atoms with Gasteiger partial charge in [-0.3, -0.25) is 4.79 Å². The van der Waals surface area contributed by atoms with Crippen LogP contribution in [-0.4, -0.2) is 15.5 Å². The fraction of sp³-hybridized carbons (Fsp3) is 0.333. The molecular formula is C12H15N3O. The number of hydrogen-bond donors (Lipinski definition) is 1. The van der Waals surface area contributed by atoms with Gasteiger partial charge in [-0.2, -0.15) is 0 Å². The fourth-order valence-electron chi connectivity index (χ4n) is 1.92. The van der Waals surface area contributed by atoms with Crippen LogP contribution in [0, 0.1) is 0 Å². The van der Waals surface area contributed by atoms with Crippen molar-refractivity contribution in [3.63, 3.8) is 0 Å². The molecular weight excluding hydrogens is 202 g/mol. The molecule has 1 aromatic heterocycles. The van der Waals surface area contributed by atoms with Gasteiger partial charge in [-0.15, -0.1) is 0 Å². The van der Waals surface area contributed by atoms with Crippen molar-refractivity contribution in [3.8, 4) is 0 Å². The summed E-state index contributed by atoms with van der Waals surface area (Å²) in [6.45, 7) is 3.45. The molecule has 84 valence electrons. The Hall–Kier alpha value is -1.84. The van der Waals surface area contributed by atoms with Crippen LogP contribution in [-0.2, 0) is 11.8 Å². The van der Waals surface area contributed by atoms with Crippen LogP contribution in [0.5, 0.6) is 0 Å². The summed E-state index contributed by atoms with van der Waals surface area (Å²) >= 11 is 0. The highest BCUT2D eigenvalue weighted by Crippen LogP contribution is 2.18. The normalized spacial score (nSPS) is 12.7. The second-order valence-corrected chi connectivity index (χ2v) is 3.94. The monoisotopic (exact) mass is 217 g/mol. The first-order valence-electron chi connectivity index (χ1n) is 5.28. The van der Waals surface area contributed by atoms with Crippen molar-refractivity contribution < 1.29 is 4.79 Å². The Morgan fingerprint density at radius 1 is 1.44 bits per heavy atom. The van der Waals surface area contributed by atoms with Crippen LogP contribution in [0.3, 0.4) is 0 Å². The third-order valence-electron chi connectivity index (χ3n) is 2.63. The molecule has 0 saturated carbocycles. The summed E-state index contributed by atoms with van der Waals surface area (Å²) in [6, 6.07) is 7.86. The van der Waals surface area contributed by atoms with Crippen molar-refractivity contribution in [3.05, 3.63) is 30.1 Å². The molecule has 0 radical (unpaired) electrons. The Morgan fingerprint density at radius 2 is 2.12 bits per heavy atom. The van der Waals surface area contributed by atoms with E-state index in [1.807, 2.05) is 42.8 Å². The minimum atomic E-state index is -0.0742. The maximum Gasteiger partial charge on any atom is 0.217 e. The van der Waals surface area contributed by atoms with Crippen LogP contribution >= 0.6 is 0 Å². The van der Waals surface area contributed by atoms with Gasteiger partial charge in [0.05, 0.1) is 17.1 Å². The molecule has 1 N–H and O–H groups in total. The molecule has 1 amide bonds. The van der Waals surface area contributed by atoms with Gasteiger partial charge >= 0.3 is 0 Å². The largest absolute Gasteiger partial charge is 0.347 e. The number of aromatic nitrogens is 2. The van der Waals surface area contributed by atoms with Gasteiger partial charge in [0.15, 0.2) is 0 Å². The average molecular weight is 217 g/mol. The van der Waals surface area contributed by atoms with Gasteiger partial charge in [0.25, 0.3) is 0 Å². The van der Waals surface area contributed by atoms with Crippen molar-refractivity contribution in [2.45, 2.75) is 19.9 Å². The standard InChI is InChI=1S/C12H15N3O/c1-8(13-9(2)16)12-14-10-6-4-5-7-11(10)15(12)3/h4-8H,1-3H3,(H,13,16). The molecule has 0 bridgehead atoms. The number of hydrogen-bond acceptors (Lipinski definition) is 2. The van der Waals surface area contributed by atoms with E-state index in [1.54, 1.807) is 0 Å². The van der Waals surface area contributed by atoms with E-state index in [-0.39, 0.29) is 11.9 Å². The molecule has 0 aliphatic carbocycles. The molecule has 16 heavy (non-hydrogen) atoms. The van der Waals surface area contributed by atoms with E-state index in [4.69, 9.17) is 0 Å². The smallest absolute Gasteiger partial charge is 0.217 e. The Kier molecular flexibility index (Phi) is 2.64. The quantitative estimate of drug-likeness (QED) is 0.833.